The minimum absolute atomic E-state index is 0.160. The second kappa shape index (κ2) is 5.31. The quantitative estimate of drug-likeness (QED) is 0.919. The van der Waals surface area contributed by atoms with Gasteiger partial charge in [-0.2, -0.15) is 0 Å². The van der Waals surface area contributed by atoms with Crippen LogP contribution >= 0.6 is 15.9 Å². The van der Waals surface area contributed by atoms with Crippen LogP contribution in [0, 0.1) is 13.8 Å². The molecule has 0 aliphatic rings. The van der Waals surface area contributed by atoms with Crippen LogP contribution in [0.5, 0.6) is 0 Å². The van der Waals surface area contributed by atoms with Crippen molar-refractivity contribution in [1.29, 1.82) is 0 Å². The maximum Gasteiger partial charge on any atom is 0.257 e. The van der Waals surface area contributed by atoms with Gasteiger partial charge in [0.15, 0.2) is 0 Å². The lowest BCUT2D eigenvalue weighted by atomic mass is 10.1. The monoisotopic (exact) mass is 304 g/mol. The summed E-state index contributed by atoms with van der Waals surface area (Å²) >= 11 is 3.38. The molecule has 0 spiro atoms. The van der Waals surface area contributed by atoms with E-state index in [2.05, 4.69) is 26.2 Å². The highest BCUT2D eigenvalue weighted by Crippen LogP contribution is 2.20. The number of aryl methyl sites for hydroxylation is 2. The zero-order chi connectivity index (χ0) is 13.1. The van der Waals surface area contributed by atoms with Crippen molar-refractivity contribution in [2.75, 3.05) is 5.32 Å². The van der Waals surface area contributed by atoms with Crippen molar-refractivity contribution in [2.24, 2.45) is 0 Å². The van der Waals surface area contributed by atoms with E-state index < -0.39 is 0 Å². The van der Waals surface area contributed by atoms with E-state index in [9.17, 15) is 4.79 Å². The lowest BCUT2D eigenvalue weighted by Gasteiger charge is -2.08. The molecule has 2 aromatic rings. The molecule has 0 aliphatic heterocycles. The maximum atomic E-state index is 12.2. The van der Waals surface area contributed by atoms with E-state index in [4.69, 9.17) is 0 Å². The van der Waals surface area contributed by atoms with Crippen LogP contribution in [0.2, 0.25) is 0 Å². The minimum Gasteiger partial charge on any atom is -0.306 e. The highest BCUT2D eigenvalue weighted by Gasteiger charge is 2.11. The van der Waals surface area contributed by atoms with Crippen LogP contribution in [0.3, 0.4) is 0 Å². The molecule has 3 nitrogen and oxygen atoms in total. The Morgan fingerprint density at radius 1 is 1.28 bits per heavy atom. The van der Waals surface area contributed by atoms with Crippen LogP contribution in [-0.4, -0.2) is 10.9 Å². The first kappa shape index (κ1) is 12.8. The molecule has 2 rings (SSSR count). The Bertz CT molecular complexity index is 596. The summed E-state index contributed by atoms with van der Waals surface area (Å²) in [7, 11) is 0. The molecule has 0 saturated carbocycles. The summed E-state index contributed by atoms with van der Waals surface area (Å²) in [6, 6.07) is 9.42. The zero-order valence-electron chi connectivity index (χ0n) is 10.2. The minimum atomic E-state index is -0.160. The highest BCUT2D eigenvalue weighted by atomic mass is 79.9. The Labute approximate surface area is 114 Å². The van der Waals surface area contributed by atoms with Gasteiger partial charge in [-0.1, -0.05) is 17.7 Å². The van der Waals surface area contributed by atoms with Crippen LogP contribution < -0.4 is 5.32 Å². The van der Waals surface area contributed by atoms with Gasteiger partial charge < -0.3 is 5.32 Å². The standard InChI is InChI=1S/C14H13BrN2O/c1-9-5-6-12(15)11(8-9)14(18)17-13-10(2)4-3-7-16-13/h3-8H,1-2H3,(H,16,17,18). The average Bonchev–Trinajstić information content (AvgIpc) is 2.35. The first-order valence-electron chi connectivity index (χ1n) is 5.57. The number of benzene rings is 1. The van der Waals surface area contributed by atoms with Crippen LogP contribution in [0.15, 0.2) is 41.0 Å². The van der Waals surface area contributed by atoms with E-state index in [0.29, 0.717) is 11.4 Å². The first-order chi connectivity index (χ1) is 8.58. The largest absolute Gasteiger partial charge is 0.306 e. The Morgan fingerprint density at radius 2 is 2.06 bits per heavy atom. The topological polar surface area (TPSA) is 42.0 Å². The second-order valence-corrected chi connectivity index (χ2v) is 4.96. The predicted octanol–water partition coefficient (Wildman–Crippen LogP) is 3.71. The number of aromatic nitrogens is 1. The molecule has 1 heterocycles. The number of hydrogen-bond donors (Lipinski definition) is 1. The fourth-order valence-electron chi connectivity index (χ4n) is 1.60. The lowest BCUT2D eigenvalue weighted by Crippen LogP contribution is -2.14. The Balaban J connectivity index is 2.28. The Kier molecular flexibility index (Phi) is 3.77. The van der Waals surface area contributed by atoms with E-state index >= 15 is 0 Å². The van der Waals surface area contributed by atoms with Crippen molar-refractivity contribution in [3.05, 3.63) is 57.7 Å². The summed E-state index contributed by atoms with van der Waals surface area (Å²) in [5, 5.41) is 2.81. The van der Waals surface area contributed by atoms with Crippen molar-refractivity contribution in [1.82, 2.24) is 4.98 Å². The van der Waals surface area contributed by atoms with Crippen LogP contribution in [0.4, 0.5) is 5.82 Å². The number of pyridine rings is 1. The molecule has 0 aliphatic carbocycles. The number of halogens is 1. The molecule has 0 radical (unpaired) electrons. The van der Waals surface area contributed by atoms with E-state index in [1.807, 2.05) is 44.2 Å². The maximum absolute atomic E-state index is 12.2. The van der Waals surface area contributed by atoms with Crippen molar-refractivity contribution in [3.63, 3.8) is 0 Å². The van der Waals surface area contributed by atoms with Gasteiger partial charge in [0, 0.05) is 10.7 Å². The normalized spacial score (nSPS) is 10.2. The molecule has 1 aromatic carbocycles. The highest BCUT2D eigenvalue weighted by molar-refractivity contribution is 9.10. The van der Waals surface area contributed by atoms with E-state index in [0.717, 1.165) is 15.6 Å². The Morgan fingerprint density at radius 3 is 2.78 bits per heavy atom. The number of carbonyl (C=O) groups excluding carboxylic acids is 1. The molecule has 92 valence electrons. The summed E-state index contributed by atoms with van der Waals surface area (Å²) in [6.07, 6.45) is 1.66. The fourth-order valence-corrected chi connectivity index (χ4v) is 2.03. The summed E-state index contributed by atoms with van der Waals surface area (Å²) in [6.45, 7) is 3.86. The zero-order valence-corrected chi connectivity index (χ0v) is 11.8. The van der Waals surface area contributed by atoms with Gasteiger partial charge in [-0.25, -0.2) is 4.98 Å². The molecule has 0 saturated heterocycles. The molecule has 18 heavy (non-hydrogen) atoms. The van der Waals surface area contributed by atoms with Crippen LogP contribution in [0.25, 0.3) is 0 Å². The van der Waals surface area contributed by atoms with Gasteiger partial charge in [-0.05, 0) is 53.5 Å². The number of amides is 1. The average molecular weight is 305 g/mol. The SMILES string of the molecule is Cc1ccc(Br)c(C(=O)Nc2ncccc2C)c1. The second-order valence-electron chi connectivity index (χ2n) is 4.11. The first-order valence-corrected chi connectivity index (χ1v) is 6.36. The molecule has 0 unspecified atom stereocenters. The summed E-state index contributed by atoms with van der Waals surface area (Å²) in [5.41, 5.74) is 2.59. The molecule has 1 N–H and O–H groups in total. The fraction of sp³-hybridized carbons (Fsp3) is 0.143. The van der Waals surface area contributed by atoms with Gasteiger partial charge in [0.05, 0.1) is 5.56 Å². The van der Waals surface area contributed by atoms with Crippen molar-refractivity contribution in [2.45, 2.75) is 13.8 Å². The third kappa shape index (κ3) is 2.76. The molecular weight excluding hydrogens is 292 g/mol. The number of nitrogens with one attached hydrogen (secondary N) is 1. The van der Waals surface area contributed by atoms with Crippen molar-refractivity contribution in [3.8, 4) is 0 Å². The van der Waals surface area contributed by atoms with E-state index in [1.54, 1.807) is 6.20 Å². The number of hydrogen-bond acceptors (Lipinski definition) is 2. The van der Waals surface area contributed by atoms with Gasteiger partial charge in [-0.3, -0.25) is 4.79 Å². The summed E-state index contributed by atoms with van der Waals surface area (Å²) in [4.78, 5) is 16.3. The molecule has 1 aromatic heterocycles. The number of anilines is 1. The molecule has 0 fully saturated rings. The van der Waals surface area contributed by atoms with Gasteiger partial charge >= 0.3 is 0 Å². The lowest BCUT2D eigenvalue weighted by molar-refractivity contribution is 0.102. The van der Waals surface area contributed by atoms with Gasteiger partial charge in [0.25, 0.3) is 5.91 Å². The van der Waals surface area contributed by atoms with Gasteiger partial charge in [0.1, 0.15) is 5.82 Å². The summed E-state index contributed by atoms with van der Waals surface area (Å²) in [5.74, 6) is 0.434. The Hall–Kier alpha value is -1.68. The van der Waals surface area contributed by atoms with Gasteiger partial charge in [-0.15, -0.1) is 0 Å². The van der Waals surface area contributed by atoms with Crippen LogP contribution in [-0.2, 0) is 0 Å². The van der Waals surface area contributed by atoms with Crippen molar-refractivity contribution >= 4 is 27.7 Å². The number of carbonyl (C=O) groups is 1. The van der Waals surface area contributed by atoms with E-state index in [1.165, 1.54) is 0 Å². The van der Waals surface area contributed by atoms with Crippen molar-refractivity contribution < 1.29 is 4.79 Å². The van der Waals surface area contributed by atoms with Gasteiger partial charge in [0.2, 0.25) is 0 Å². The molecule has 1 amide bonds. The molecule has 0 atom stereocenters. The molecule has 0 bridgehead atoms. The molecular formula is C14H13BrN2O. The van der Waals surface area contributed by atoms with E-state index in [-0.39, 0.29) is 5.91 Å². The molecule has 4 heteroatoms. The number of nitrogens with zero attached hydrogens (tertiary/aromatic N) is 1. The third-order valence-electron chi connectivity index (χ3n) is 2.61. The number of rotatable bonds is 2. The van der Waals surface area contributed by atoms with Crippen LogP contribution in [0.1, 0.15) is 21.5 Å². The smallest absolute Gasteiger partial charge is 0.257 e. The predicted molar refractivity (Wildman–Crippen MR) is 75.8 cm³/mol. The third-order valence-corrected chi connectivity index (χ3v) is 3.30. The summed E-state index contributed by atoms with van der Waals surface area (Å²) < 4.78 is 0.777.